The Morgan fingerprint density at radius 3 is 2.62 bits per heavy atom. The Balaban J connectivity index is 2.39. The van der Waals surface area contributed by atoms with Gasteiger partial charge in [-0.05, 0) is 0 Å². The Morgan fingerprint density at radius 2 is 2.06 bits per heavy atom. The maximum absolute atomic E-state index is 5.14. The second kappa shape index (κ2) is 5.68. The van der Waals surface area contributed by atoms with Crippen LogP contribution in [0, 0.1) is 0 Å². The smallest absolute Gasteiger partial charge is 0.240 e. The first-order chi connectivity index (χ1) is 7.37. The molecule has 0 unspecified atom stereocenters. The Bertz CT molecular complexity index is 317. The predicted molar refractivity (Wildman–Crippen MR) is 67.3 cm³/mol. The summed E-state index contributed by atoms with van der Waals surface area (Å²) in [6, 6.07) is 0.430. The molecule has 0 spiro atoms. The Kier molecular flexibility index (Phi) is 4.80. The summed E-state index contributed by atoms with van der Waals surface area (Å²) in [6.45, 7) is 11.4. The molecular weight excluding hydrogens is 222 g/mol. The van der Waals surface area contributed by atoms with Crippen LogP contribution in [-0.4, -0.2) is 20.9 Å². The summed E-state index contributed by atoms with van der Waals surface area (Å²) < 4.78 is 5.38. The molecule has 0 amide bonds. The lowest BCUT2D eigenvalue weighted by atomic mass is 10.3. The molecule has 1 heterocycles. The lowest BCUT2D eigenvalue weighted by Crippen LogP contribution is -2.21. The molecule has 0 atom stereocenters. The van der Waals surface area contributed by atoms with Gasteiger partial charge in [-0.1, -0.05) is 39.8 Å². The van der Waals surface area contributed by atoms with E-state index in [1.165, 1.54) is 0 Å². The van der Waals surface area contributed by atoms with Crippen molar-refractivity contribution in [3.05, 3.63) is 11.7 Å². The molecule has 0 bridgehead atoms. The van der Waals surface area contributed by atoms with Gasteiger partial charge in [0, 0.05) is 10.8 Å². The maximum atomic E-state index is 5.14. The van der Waals surface area contributed by atoms with Gasteiger partial charge in [0.1, 0.15) is 0 Å². The zero-order valence-corrected chi connectivity index (χ0v) is 11.5. The van der Waals surface area contributed by atoms with Crippen LogP contribution in [0.5, 0.6) is 0 Å². The first kappa shape index (κ1) is 13.5. The SMILES string of the molecule is CC(C)NCc1nc(CSC(C)(C)C)no1. The van der Waals surface area contributed by atoms with Crippen molar-refractivity contribution in [2.75, 3.05) is 0 Å². The normalized spacial score (nSPS) is 12.4. The molecule has 1 aromatic heterocycles. The molecule has 1 rings (SSSR count). The lowest BCUT2D eigenvalue weighted by molar-refractivity contribution is 0.358. The van der Waals surface area contributed by atoms with Crippen LogP contribution in [0.1, 0.15) is 46.3 Å². The Morgan fingerprint density at radius 1 is 1.38 bits per heavy atom. The summed E-state index contributed by atoms with van der Waals surface area (Å²) >= 11 is 1.82. The van der Waals surface area contributed by atoms with Crippen LogP contribution < -0.4 is 5.32 Å². The average Bonchev–Trinajstić information content (AvgIpc) is 2.58. The summed E-state index contributed by atoms with van der Waals surface area (Å²) in [4.78, 5) is 4.32. The molecule has 0 aliphatic carbocycles. The van der Waals surface area contributed by atoms with Crippen LogP contribution in [0.3, 0.4) is 0 Å². The number of aromatic nitrogens is 2. The van der Waals surface area contributed by atoms with Gasteiger partial charge in [-0.25, -0.2) is 0 Å². The van der Waals surface area contributed by atoms with Crippen molar-refractivity contribution in [1.29, 1.82) is 0 Å². The van der Waals surface area contributed by atoms with Crippen molar-refractivity contribution < 1.29 is 4.52 Å². The van der Waals surface area contributed by atoms with Gasteiger partial charge in [0.25, 0.3) is 0 Å². The van der Waals surface area contributed by atoms with E-state index >= 15 is 0 Å². The van der Waals surface area contributed by atoms with Crippen molar-refractivity contribution in [3.63, 3.8) is 0 Å². The standard InChI is InChI=1S/C11H21N3OS/c1-8(2)12-6-10-13-9(14-15-10)7-16-11(3,4)5/h8,12H,6-7H2,1-5H3. The summed E-state index contributed by atoms with van der Waals surface area (Å²) in [5.41, 5.74) is 0. The van der Waals surface area contributed by atoms with E-state index in [1.807, 2.05) is 11.8 Å². The fourth-order valence-electron chi connectivity index (χ4n) is 0.993. The lowest BCUT2D eigenvalue weighted by Gasteiger charge is -2.15. The van der Waals surface area contributed by atoms with Gasteiger partial charge in [0.15, 0.2) is 5.82 Å². The largest absolute Gasteiger partial charge is 0.338 e. The molecule has 1 N–H and O–H groups in total. The number of rotatable bonds is 5. The third-order valence-electron chi connectivity index (χ3n) is 1.81. The van der Waals surface area contributed by atoms with Crippen molar-refractivity contribution in [1.82, 2.24) is 15.5 Å². The van der Waals surface area contributed by atoms with Crippen LogP contribution in [0.4, 0.5) is 0 Å². The molecule has 0 fully saturated rings. The van der Waals surface area contributed by atoms with E-state index in [-0.39, 0.29) is 4.75 Å². The van der Waals surface area contributed by atoms with Crippen LogP contribution in [0.2, 0.25) is 0 Å². The Hall–Kier alpha value is -0.550. The van der Waals surface area contributed by atoms with Crippen molar-refractivity contribution in [2.45, 2.75) is 57.7 Å². The number of hydrogen-bond donors (Lipinski definition) is 1. The quantitative estimate of drug-likeness (QED) is 0.861. The first-order valence-electron chi connectivity index (χ1n) is 5.55. The molecule has 0 aliphatic heterocycles. The number of nitrogens with zero attached hydrogens (tertiary/aromatic N) is 2. The van der Waals surface area contributed by atoms with E-state index in [2.05, 4.69) is 50.1 Å². The second-order valence-electron chi connectivity index (χ2n) is 5.04. The Labute approximate surface area is 102 Å². The van der Waals surface area contributed by atoms with Crippen LogP contribution in [0.25, 0.3) is 0 Å². The fourth-order valence-corrected chi connectivity index (χ4v) is 1.67. The van der Waals surface area contributed by atoms with E-state index in [9.17, 15) is 0 Å². The summed E-state index contributed by atoms with van der Waals surface area (Å²) in [5.74, 6) is 2.24. The van der Waals surface area contributed by atoms with Gasteiger partial charge in [-0.15, -0.1) is 11.8 Å². The molecule has 1 aromatic rings. The molecule has 5 heteroatoms. The third-order valence-corrected chi connectivity index (χ3v) is 3.07. The average molecular weight is 243 g/mol. The van der Waals surface area contributed by atoms with Gasteiger partial charge >= 0.3 is 0 Å². The first-order valence-corrected chi connectivity index (χ1v) is 6.54. The molecule has 0 saturated heterocycles. The minimum atomic E-state index is 0.233. The fraction of sp³-hybridized carbons (Fsp3) is 0.818. The van der Waals surface area contributed by atoms with Crippen LogP contribution in [-0.2, 0) is 12.3 Å². The van der Waals surface area contributed by atoms with Gasteiger partial charge in [-0.3, -0.25) is 0 Å². The highest BCUT2D eigenvalue weighted by Crippen LogP contribution is 2.25. The van der Waals surface area contributed by atoms with Crippen molar-refractivity contribution in [2.24, 2.45) is 0 Å². The van der Waals surface area contributed by atoms with E-state index in [0.29, 0.717) is 18.5 Å². The summed E-state index contributed by atoms with van der Waals surface area (Å²) in [7, 11) is 0. The maximum Gasteiger partial charge on any atom is 0.240 e. The van der Waals surface area contributed by atoms with Gasteiger partial charge in [-0.2, -0.15) is 4.98 Å². The third kappa shape index (κ3) is 5.51. The van der Waals surface area contributed by atoms with Gasteiger partial charge < -0.3 is 9.84 Å². The zero-order chi connectivity index (χ0) is 12.2. The zero-order valence-electron chi connectivity index (χ0n) is 10.7. The molecule has 4 nitrogen and oxygen atoms in total. The highest BCUT2D eigenvalue weighted by atomic mass is 32.2. The molecule has 0 radical (unpaired) electrons. The number of hydrogen-bond acceptors (Lipinski definition) is 5. The molecule has 16 heavy (non-hydrogen) atoms. The van der Waals surface area contributed by atoms with Crippen molar-refractivity contribution in [3.8, 4) is 0 Å². The summed E-state index contributed by atoms with van der Waals surface area (Å²) in [6.07, 6.45) is 0. The topological polar surface area (TPSA) is 51.0 Å². The van der Waals surface area contributed by atoms with E-state index in [1.54, 1.807) is 0 Å². The van der Waals surface area contributed by atoms with Crippen LogP contribution in [0.15, 0.2) is 4.52 Å². The molecule has 0 saturated carbocycles. The van der Waals surface area contributed by atoms with E-state index < -0.39 is 0 Å². The molecule has 0 aliphatic rings. The molecular formula is C11H21N3OS. The highest BCUT2D eigenvalue weighted by molar-refractivity contribution is 7.99. The predicted octanol–water partition coefficient (Wildman–Crippen LogP) is 2.60. The van der Waals surface area contributed by atoms with E-state index in [0.717, 1.165) is 11.6 Å². The monoisotopic (exact) mass is 243 g/mol. The number of nitrogens with one attached hydrogen (secondary N) is 1. The molecule has 92 valence electrons. The minimum Gasteiger partial charge on any atom is -0.338 e. The minimum absolute atomic E-state index is 0.233. The van der Waals surface area contributed by atoms with Crippen molar-refractivity contribution >= 4 is 11.8 Å². The summed E-state index contributed by atoms with van der Waals surface area (Å²) in [5, 5.41) is 7.19. The van der Waals surface area contributed by atoms with E-state index in [4.69, 9.17) is 4.52 Å². The highest BCUT2D eigenvalue weighted by Gasteiger charge is 2.13. The van der Waals surface area contributed by atoms with Gasteiger partial charge in [0.05, 0.1) is 12.3 Å². The van der Waals surface area contributed by atoms with Crippen LogP contribution >= 0.6 is 11.8 Å². The van der Waals surface area contributed by atoms with Gasteiger partial charge in [0.2, 0.25) is 5.89 Å². The second-order valence-corrected chi connectivity index (χ2v) is 6.84. The number of thioether (sulfide) groups is 1. The molecule has 0 aromatic carbocycles.